The molecule has 0 saturated heterocycles. The first-order valence-electron chi connectivity index (χ1n) is 13.0. The number of amides is 2. The highest BCUT2D eigenvalue weighted by molar-refractivity contribution is 6.42. The second kappa shape index (κ2) is 14.8. The highest BCUT2D eigenvalue weighted by atomic mass is 35.5. The van der Waals surface area contributed by atoms with Crippen LogP contribution in [-0.4, -0.2) is 43.5 Å². The van der Waals surface area contributed by atoms with Gasteiger partial charge in [0.05, 0.1) is 24.3 Å². The van der Waals surface area contributed by atoms with E-state index in [2.05, 4.69) is 5.32 Å². The summed E-state index contributed by atoms with van der Waals surface area (Å²) in [5, 5.41) is 3.87. The van der Waals surface area contributed by atoms with Gasteiger partial charge in [0.2, 0.25) is 11.8 Å². The van der Waals surface area contributed by atoms with Crippen molar-refractivity contribution in [2.24, 2.45) is 5.92 Å². The number of ether oxygens (including phenoxy) is 2. The molecule has 3 aromatic carbocycles. The van der Waals surface area contributed by atoms with Gasteiger partial charge in [-0.15, -0.1) is 0 Å². The Balaban J connectivity index is 1.92. The van der Waals surface area contributed by atoms with Crippen LogP contribution in [0.15, 0.2) is 66.7 Å². The van der Waals surface area contributed by atoms with E-state index in [1.165, 1.54) is 0 Å². The van der Waals surface area contributed by atoms with Gasteiger partial charge in [-0.1, -0.05) is 79.5 Å². The van der Waals surface area contributed by atoms with Gasteiger partial charge in [0, 0.05) is 25.9 Å². The van der Waals surface area contributed by atoms with Gasteiger partial charge >= 0.3 is 0 Å². The Morgan fingerprint density at radius 3 is 2.18 bits per heavy atom. The molecule has 0 aliphatic carbocycles. The second-order valence-corrected chi connectivity index (χ2v) is 10.6. The van der Waals surface area contributed by atoms with Crippen LogP contribution < -0.4 is 14.8 Å². The number of carbonyl (C=O) groups is 2. The van der Waals surface area contributed by atoms with Crippen molar-refractivity contribution in [3.05, 3.63) is 93.5 Å². The Morgan fingerprint density at radius 2 is 1.54 bits per heavy atom. The topological polar surface area (TPSA) is 67.9 Å². The van der Waals surface area contributed by atoms with Gasteiger partial charge in [0.25, 0.3) is 0 Å². The van der Waals surface area contributed by atoms with E-state index >= 15 is 0 Å². The Hall–Kier alpha value is -3.22. The average Bonchev–Trinajstić information content (AvgIpc) is 2.94. The van der Waals surface area contributed by atoms with Crippen molar-refractivity contribution in [2.45, 2.75) is 45.7 Å². The summed E-state index contributed by atoms with van der Waals surface area (Å²) in [5.74, 6) is 1.17. The van der Waals surface area contributed by atoms with E-state index in [0.717, 1.165) is 16.7 Å². The van der Waals surface area contributed by atoms with E-state index in [-0.39, 0.29) is 30.7 Å². The molecule has 0 aromatic heterocycles. The molecule has 0 fully saturated rings. The summed E-state index contributed by atoms with van der Waals surface area (Å²) < 4.78 is 10.7. The maximum absolute atomic E-state index is 13.9. The first kappa shape index (κ1) is 30.3. The summed E-state index contributed by atoms with van der Waals surface area (Å²) in [4.78, 5) is 29.1. The molecule has 3 aromatic rings. The van der Waals surface area contributed by atoms with Gasteiger partial charge in [-0.05, 0) is 53.3 Å². The number of carbonyl (C=O) groups excluding carboxylic acids is 2. The fraction of sp³-hybridized carbons (Fsp3) is 0.355. The first-order chi connectivity index (χ1) is 18.7. The Morgan fingerprint density at radius 1 is 0.846 bits per heavy atom. The first-order valence-corrected chi connectivity index (χ1v) is 13.7. The second-order valence-electron chi connectivity index (χ2n) is 9.80. The number of hydrogen-bond acceptors (Lipinski definition) is 4. The summed E-state index contributed by atoms with van der Waals surface area (Å²) >= 11 is 12.4. The molecule has 2 amide bonds. The largest absolute Gasteiger partial charge is 0.493 e. The minimum absolute atomic E-state index is 0.142. The molecule has 0 spiro atoms. The zero-order chi connectivity index (χ0) is 28.4. The van der Waals surface area contributed by atoms with Crippen LogP contribution in [0.25, 0.3) is 0 Å². The van der Waals surface area contributed by atoms with Gasteiger partial charge in [-0.3, -0.25) is 9.59 Å². The number of halogens is 2. The highest BCUT2D eigenvalue weighted by Gasteiger charge is 2.30. The molecule has 0 bridgehead atoms. The lowest BCUT2D eigenvalue weighted by molar-refractivity contribution is -0.141. The van der Waals surface area contributed by atoms with E-state index in [9.17, 15) is 9.59 Å². The van der Waals surface area contributed by atoms with E-state index in [1.54, 1.807) is 31.3 Å². The molecule has 0 radical (unpaired) electrons. The molecule has 39 heavy (non-hydrogen) atoms. The van der Waals surface area contributed by atoms with Crippen LogP contribution in [-0.2, 0) is 29.0 Å². The van der Waals surface area contributed by atoms with Crippen LogP contribution in [0, 0.1) is 5.92 Å². The number of nitrogens with zero attached hydrogens (tertiary/aromatic N) is 1. The molecule has 1 atom stereocenters. The van der Waals surface area contributed by atoms with Gasteiger partial charge in [-0.25, -0.2) is 0 Å². The van der Waals surface area contributed by atoms with Crippen LogP contribution in [0.5, 0.6) is 11.5 Å². The summed E-state index contributed by atoms with van der Waals surface area (Å²) in [6.45, 7) is 4.81. The quantitative estimate of drug-likeness (QED) is 0.260. The normalized spacial score (nSPS) is 11.7. The van der Waals surface area contributed by atoms with Crippen LogP contribution >= 0.6 is 23.2 Å². The van der Waals surface area contributed by atoms with Gasteiger partial charge in [0.15, 0.2) is 11.5 Å². The number of nitrogens with one attached hydrogen (secondary N) is 1. The van der Waals surface area contributed by atoms with Gasteiger partial charge in [0.1, 0.15) is 6.04 Å². The van der Waals surface area contributed by atoms with Crippen molar-refractivity contribution >= 4 is 35.0 Å². The number of aryl methyl sites for hydroxylation is 1. The summed E-state index contributed by atoms with van der Waals surface area (Å²) in [5.41, 5.74) is 2.69. The zero-order valence-corrected chi connectivity index (χ0v) is 24.4. The van der Waals surface area contributed by atoms with Crippen molar-refractivity contribution in [1.29, 1.82) is 0 Å². The van der Waals surface area contributed by atoms with E-state index in [0.29, 0.717) is 40.9 Å². The smallest absolute Gasteiger partial charge is 0.243 e. The molecule has 1 N–H and O–H groups in total. The fourth-order valence-electron chi connectivity index (χ4n) is 4.24. The van der Waals surface area contributed by atoms with E-state index in [1.807, 2.05) is 68.4 Å². The summed E-state index contributed by atoms with van der Waals surface area (Å²) in [6, 6.07) is 19.9. The number of hydrogen-bond donors (Lipinski definition) is 1. The number of methoxy groups -OCH3 is 2. The van der Waals surface area contributed by atoms with Gasteiger partial charge < -0.3 is 19.7 Å². The van der Waals surface area contributed by atoms with Crippen molar-refractivity contribution < 1.29 is 19.1 Å². The third-order valence-corrected chi connectivity index (χ3v) is 7.11. The molecule has 0 aliphatic heterocycles. The molecular weight excluding hydrogens is 535 g/mol. The highest BCUT2D eigenvalue weighted by Crippen LogP contribution is 2.29. The zero-order valence-electron chi connectivity index (χ0n) is 22.9. The van der Waals surface area contributed by atoms with Crippen LogP contribution in [0.2, 0.25) is 10.0 Å². The molecule has 0 aliphatic rings. The molecule has 1 unspecified atom stereocenters. The Bertz CT molecular complexity index is 1250. The van der Waals surface area contributed by atoms with Crippen molar-refractivity contribution in [3.8, 4) is 11.5 Å². The average molecular weight is 572 g/mol. The number of rotatable bonds is 13. The lowest BCUT2D eigenvalue weighted by Gasteiger charge is -2.32. The molecule has 0 heterocycles. The monoisotopic (exact) mass is 570 g/mol. The van der Waals surface area contributed by atoms with E-state index < -0.39 is 6.04 Å². The molecule has 208 valence electrons. The minimum Gasteiger partial charge on any atom is -0.493 e. The molecule has 8 heteroatoms. The van der Waals surface area contributed by atoms with Crippen molar-refractivity contribution in [3.63, 3.8) is 0 Å². The lowest BCUT2D eigenvalue weighted by atomic mass is 10.0. The lowest BCUT2D eigenvalue weighted by Crippen LogP contribution is -2.51. The Labute approximate surface area is 241 Å². The fourth-order valence-corrected chi connectivity index (χ4v) is 4.56. The van der Waals surface area contributed by atoms with Crippen molar-refractivity contribution in [1.82, 2.24) is 10.2 Å². The van der Waals surface area contributed by atoms with Crippen LogP contribution in [0.4, 0.5) is 0 Å². The molecule has 3 rings (SSSR count). The van der Waals surface area contributed by atoms with E-state index in [4.69, 9.17) is 32.7 Å². The summed E-state index contributed by atoms with van der Waals surface area (Å²) in [7, 11) is 3.16. The molecule has 6 nitrogen and oxygen atoms in total. The summed E-state index contributed by atoms with van der Waals surface area (Å²) in [6.07, 6.45) is 1.07. The maximum Gasteiger partial charge on any atom is 0.243 e. The predicted octanol–water partition coefficient (Wildman–Crippen LogP) is 6.36. The minimum atomic E-state index is -0.710. The maximum atomic E-state index is 13.9. The predicted molar refractivity (Wildman–Crippen MR) is 157 cm³/mol. The molecule has 0 saturated carbocycles. The van der Waals surface area contributed by atoms with Crippen LogP contribution in [0.3, 0.4) is 0 Å². The third-order valence-electron chi connectivity index (χ3n) is 6.37. The Kier molecular flexibility index (Phi) is 11.5. The SMILES string of the molecule is COc1ccc(CCC(=O)N(Cc2ccc(Cl)c(Cl)c2)C(Cc2ccccc2)C(=O)NCC(C)C)cc1OC. The third kappa shape index (κ3) is 8.91. The van der Waals surface area contributed by atoms with Crippen LogP contribution in [0.1, 0.15) is 37.0 Å². The number of benzene rings is 3. The van der Waals surface area contributed by atoms with Gasteiger partial charge in [-0.2, -0.15) is 0 Å². The van der Waals surface area contributed by atoms with Crippen molar-refractivity contribution in [2.75, 3.05) is 20.8 Å². The standard InChI is InChI=1S/C31H36Cl2N2O4/c1-21(2)19-34-31(37)27(17-22-8-6-5-7-9-22)35(20-24-10-13-25(32)26(33)16-24)30(36)15-12-23-11-14-28(38-3)29(18-23)39-4/h5-11,13-14,16,18,21,27H,12,15,17,19-20H2,1-4H3,(H,34,37). The molecular formula is C31H36Cl2N2O4.